The molecule has 2 aromatic heterocycles. The first-order valence-electron chi connectivity index (χ1n) is 29.1. The van der Waals surface area contributed by atoms with Gasteiger partial charge in [-0.3, -0.25) is 0 Å². The summed E-state index contributed by atoms with van der Waals surface area (Å²) < 4.78 is 5.06. The predicted molar refractivity (Wildman–Crippen MR) is 337 cm³/mol. The second-order valence-electron chi connectivity index (χ2n) is 24.6. The summed E-state index contributed by atoms with van der Waals surface area (Å²) in [6.07, 6.45) is 7.01. The van der Waals surface area contributed by atoms with Crippen LogP contribution in [0.2, 0.25) is 0 Å². The Bertz CT molecular complexity index is 4950. The standard InChI is InChI=1S/C79H56N2/c1-77(2)65-23-11-5-17-53(65)55-35-29-47(41-67(55)77)49-31-37-57-59-39-33-51(80-73-25-13-7-19-61(73)62-20-8-14-26-74(62)80)45-71(59)79(69(57)43-49)70-44-50(48-30-36-56-54-18-6-12-24-66(54)78(3,4)68(56)42-48)32-38-58(70)60-40-34-52(46-72(60)79)81-75-27-15-9-21-63(75)64-22-10-16-28-76(64)81/h5-9,11-15,17-46H,10,16H2,1-4H3. The summed E-state index contributed by atoms with van der Waals surface area (Å²) >= 11 is 0. The molecule has 2 heterocycles. The molecule has 382 valence electrons. The second kappa shape index (κ2) is 15.9. The van der Waals surface area contributed by atoms with Crippen molar-refractivity contribution in [3.05, 3.63) is 286 Å². The van der Waals surface area contributed by atoms with Crippen LogP contribution < -0.4 is 10.6 Å². The molecule has 0 saturated carbocycles. The minimum Gasteiger partial charge on any atom is -0.310 e. The normalized spacial score (nSPS) is 16.7. The summed E-state index contributed by atoms with van der Waals surface area (Å²) in [4.78, 5) is 0. The van der Waals surface area contributed by atoms with Gasteiger partial charge in [0.25, 0.3) is 0 Å². The van der Waals surface area contributed by atoms with Crippen molar-refractivity contribution in [3.63, 3.8) is 0 Å². The number of fused-ring (bicyclic) bond motifs is 22. The molecular formula is C79H56N2. The van der Waals surface area contributed by atoms with Crippen molar-refractivity contribution in [1.29, 1.82) is 0 Å². The first-order valence-corrected chi connectivity index (χ1v) is 29.1. The Balaban J connectivity index is 0.938. The quantitative estimate of drug-likeness (QED) is 0.166. The molecule has 5 aliphatic rings. The molecule has 5 aliphatic carbocycles. The molecule has 0 saturated heterocycles. The minimum atomic E-state index is -0.705. The highest BCUT2D eigenvalue weighted by Crippen LogP contribution is 2.65. The van der Waals surface area contributed by atoms with Gasteiger partial charge in [-0.25, -0.2) is 0 Å². The zero-order valence-corrected chi connectivity index (χ0v) is 45.9. The van der Waals surface area contributed by atoms with E-state index < -0.39 is 5.41 Å². The average molecular weight is 1030 g/mol. The maximum atomic E-state index is 2.59. The minimum absolute atomic E-state index is 0.123. The summed E-state index contributed by atoms with van der Waals surface area (Å²) in [7, 11) is 0. The van der Waals surface area contributed by atoms with Crippen LogP contribution in [0.25, 0.3) is 123 Å². The molecular weight excluding hydrogens is 977 g/mol. The van der Waals surface area contributed by atoms with Crippen molar-refractivity contribution in [2.75, 3.05) is 0 Å². The van der Waals surface area contributed by atoms with Gasteiger partial charge in [-0.2, -0.15) is 0 Å². The largest absolute Gasteiger partial charge is 0.310 e. The van der Waals surface area contributed by atoms with Crippen molar-refractivity contribution < 1.29 is 0 Å². The van der Waals surface area contributed by atoms with E-state index in [9.17, 15) is 0 Å². The van der Waals surface area contributed by atoms with Crippen LogP contribution in [0.4, 0.5) is 0 Å². The number of nitrogens with zero attached hydrogens (tertiary/aromatic N) is 2. The maximum absolute atomic E-state index is 2.59. The van der Waals surface area contributed by atoms with E-state index in [1.165, 1.54) is 160 Å². The molecule has 18 rings (SSSR count). The van der Waals surface area contributed by atoms with Gasteiger partial charge in [-0.15, -0.1) is 0 Å². The van der Waals surface area contributed by atoms with Gasteiger partial charge >= 0.3 is 0 Å². The Labute approximate surface area is 471 Å². The van der Waals surface area contributed by atoms with Gasteiger partial charge in [0.15, 0.2) is 0 Å². The van der Waals surface area contributed by atoms with Crippen molar-refractivity contribution in [2.24, 2.45) is 0 Å². The molecule has 0 aliphatic heterocycles. The third-order valence-electron chi connectivity index (χ3n) is 20.0. The fourth-order valence-electron chi connectivity index (χ4n) is 16.2. The molecule has 0 N–H and O–H groups in total. The van der Waals surface area contributed by atoms with E-state index in [1.54, 1.807) is 0 Å². The van der Waals surface area contributed by atoms with E-state index in [0.29, 0.717) is 0 Å². The molecule has 2 nitrogen and oxygen atoms in total. The highest BCUT2D eigenvalue weighted by molar-refractivity contribution is 6.09. The average Bonchev–Trinajstić information content (AvgIpc) is 4.50. The van der Waals surface area contributed by atoms with Crippen molar-refractivity contribution in [2.45, 2.75) is 56.8 Å². The van der Waals surface area contributed by atoms with Gasteiger partial charge in [0, 0.05) is 48.9 Å². The van der Waals surface area contributed by atoms with Crippen LogP contribution in [0, 0.1) is 0 Å². The highest BCUT2D eigenvalue weighted by Gasteiger charge is 2.53. The second-order valence-corrected chi connectivity index (χ2v) is 24.6. The number of rotatable bonds is 4. The van der Waals surface area contributed by atoms with Gasteiger partial charge in [-0.1, -0.05) is 204 Å². The van der Waals surface area contributed by atoms with Crippen molar-refractivity contribution >= 4 is 44.9 Å². The molecule has 1 unspecified atom stereocenters. The fourth-order valence-corrected chi connectivity index (χ4v) is 16.2. The topological polar surface area (TPSA) is 9.86 Å². The summed E-state index contributed by atoms with van der Waals surface area (Å²) in [5.41, 5.74) is 31.4. The molecule has 0 radical (unpaired) electrons. The van der Waals surface area contributed by atoms with Crippen molar-refractivity contribution in [3.8, 4) is 78.1 Å². The highest BCUT2D eigenvalue weighted by atomic mass is 15.0. The first kappa shape index (κ1) is 45.4. The smallest absolute Gasteiger partial charge is 0.0727 e. The van der Waals surface area contributed by atoms with E-state index in [1.807, 2.05) is 0 Å². The molecule has 13 aromatic rings. The van der Waals surface area contributed by atoms with E-state index in [0.717, 1.165) is 18.5 Å². The van der Waals surface area contributed by atoms with Crippen LogP contribution in [0.3, 0.4) is 0 Å². The van der Waals surface area contributed by atoms with E-state index >= 15 is 0 Å². The summed E-state index contributed by atoms with van der Waals surface area (Å²) in [5, 5.41) is 6.48. The Kier molecular flexibility index (Phi) is 8.89. The number of benzene rings is 11. The molecule has 81 heavy (non-hydrogen) atoms. The lowest BCUT2D eigenvalue weighted by atomic mass is 9.69. The van der Waals surface area contributed by atoms with Gasteiger partial charge in [0.2, 0.25) is 0 Å². The molecule has 2 heteroatoms. The Morgan fingerprint density at radius 1 is 0.284 bits per heavy atom. The molecule has 0 amide bonds. The fraction of sp³-hybridized carbons (Fsp3) is 0.114. The van der Waals surface area contributed by atoms with Crippen LogP contribution in [0.5, 0.6) is 0 Å². The Morgan fingerprint density at radius 3 is 1.12 bits per heavy atom. The third kappa shape index (κ3) is 5.82. The molecule has 1 spiro atoms. The lowest BCUT2D eigenvalue weighted by molar-refractivity contribution is 0.660. The Hall–Kier alpha value is -9.50. The third-order valence-corrected chi connectivity index (χ3v) is 20.0. The molecule has 0 fully saturated rings. The van der Waals surface area contributed by atoms with Crippen LogP contribution in [0.1, 0.15) is 85.0 Å². The number of hydrogen-bond acceptors (Lipinski definition) is 0. The summed E-state index contributed by atoms with van der Waals surface area (Å²) in [6.45, 7) is 9.59. The number of hydrogen-bond donors (Lipinski definition) is 0. The Morgan fingerprint density at radius 2 is 0.630 bits per heavy atom. The lowest BCUT2D eigenvalue weighted by Gasteiger charge is -2.32. The zero-order chi connectivity index (χ0) is 53.7. The van der Waals surface area contributed by atoms with Gasteiger partial charge < -0.3 is 9.13 Å². The zero-order valence-electron chi connectivity index (χ0n) is 45.9. The predicted octanol–water partition coefficient (Wildman–Crippen LogP) is 18.4. The summed E-state index contributed by atoms with van der Waals surface area (Å²) in [5.74, 6) is 0. The molecule has 0 bridgehead atoms. The SMILES string of the molecule is CC1(C)c2ccccc2-c2ccc(-c3ccc4c(c3)C3(c5cc(-c6ccc7c(c6)C(C)(C)c6ccccc6-7)ccc5-c5ccc(-n6c7ccccc7c7ccccc76)cc53)c3cc(-n5c6c(c7ccccc75)=CCCC=6)ccc3-4)cc21. The number of para-hydroxylation sites is 3. The lowest BCUT2D eigenvalue weighted by Crippen LogP contribution is -2.30. The van der Waals surface area contributed by atoms with Crippen LogP contribution in [-0.2, 0) is 16.2 Å². The van der Waals surface area contributed by atoms with Crippen LogP contribution >= 0.6 is 0 Å². The summed E-state index contributed by atoms with van der Waals surface area (Å²) in [6, 6.07) is 89.2. The van der Waals surface area contributed by atoms with Crippen LogP contribution in [0.15, 0.2) is 231 Å². The van der Waals surface area contributed by atoms with Crippen LogP contribution in [-0.4, -0.2) is 9.13 Å². The molecule has 1 atom stereocenters. The monoisotopic (exact) mass is 1030 g/mol. The van der Waals surface area contributed by atoms with Gasteiger partial charge in [0.1, 0.15) is 0 Å². The van der Waals surface area contributed by atoms with Gasteiger partial charge in [0.05, 0.1) is 22.0 Å². The van der Waals surface area contributed by atoms with Gasteiger partial charge in [-0.05, 0) is 191 Å². The number of aromatic nitrogens is 2. The van der Waals surface area contributed by atoms with E-state index in [2.05, 4.69) is 280 Å². The maximum Gasteiger partial charge on any atom is 0.0727 e. The van der Waals surface area contributed by atoms with E-state index in [-0.39, 0.29) is 10.8 Å². The molecule has 11 aromatic carbocycles. The van der Waals surface area contributed by atoms with E-state index in [4.69, 9.17) is 0 Å². The first-order chi connectivity index (χ1) is 39.7. The van der Waals surface area contributed by atoms with Crippen molar-refractivity contribution in [1.82, 2.24) is 9.13 Å².